The van der Waals surface area contributed by atoms with Crippen molar-refractivity contribution in [2.24, 2.45) is 5.73 Å². The smallest absolute Gasteiger partial charge is 0.310 e. The molecule has 0 fully saturated rings. The van der Waals surface area contributed by atoms with E-state index in [1.807, 2.05) is 0 Å². The molecule has 0 amide bonds. The maximum Gasteiger partial charge on any atom is 0.310 e. The topological polar surface area (TPSA) is 106 Å². The predicted molar refractivity (Wildman–Crippen MR) is 57.1 cm³/mol. The molecule has 0 aliphatic rings. The van der Waals surface area contributed by atoms with Gasteiger partial charge in [0, 0.05) is 6.07 Å². The number of aromatic hydroxyl groups is 1. The van der Waals surface area contributed by atoms with Crippen LogP contribution in [-0.2, 0) is 11.2 Å². The number of nitrogens with zero attached hydrogens (tertiary/aromatic N) is 1. The second-order valence-electron chi connectivity index (χ2n) is 3.50. The van der Waals surface area contributed by atoms with Gasteiger partial charge in [0.05, 0.1) is 11.0 Å². The maximum atomic E-state index is 10.9. The van der Waals surface area contributed by atoms with Crippen LogP contribution in [0.4, 0.5) is 5.69 Å². The van der Waals surface area contributed by atoms with Crippen LogP contribution in [0.15, 0.2) is 18.2 Å². The van der Waals surface area contributed by atoms with Crippen LogP contribution in [0.3, 0.4) is 0 Å². The first kappa shape index (κ1) is 12.1. The van der Waals surface area contributed by atoms with Gasteiger partial charge in [0.2, 0.25) is 0 Å². The quantitative estimate of drug-likeness (QED) is 0.580. The molecule has 0 heterocycles. The minimum absolute atomic E-state index is 0.185. The molecule has 0 aliphatic heterocycles. The van der Waals surface area contributed by atoms with Crippen LogP contribution < -0.4 is 5.73 Å². The average Bonchev–Trinajstić information content (AvgIpc) is 2.20. The molecular weight excluding hydrogens is 212 g/mol. The van der Waals surface area contributed by atoms with E-state index < -0.39 is 16.7 Å². The van der Waals surface area contributed by atoms with Crippen LogP contribution in [0.1, 0.15) is 12.5 Å². The van der Waals surface area contributed by atoms with Crippen molar-refractivity contribution in [3.8, 4) is 5.75 Å². The fourth-order valence-corrected chi connectivity index (χ4v) is 1.24. The Balaban J connectivity index is 2.95. The number of Topliss-reactive ketones (excluding diaryl/α,β-unsaturated/α-hetero) is 1. The Bertz CT molecular complexity index is 431. The van der Waals surface area contributed by atoms with Crippen LogP contribution >= 0.6 is 0 Å². The van der Waals surface area contributed by atoms with E-state index in [0.29, 0.717) is 5.56 Å². The lowest BCUT2D eigenvalue weighted by molar-refractivity contribution is -0.385. The van der Waals surface area contributed by atoms with E-state index >= 15 is 0 Å². The van der Waals surface area contributed by atoms with Crippen LogP contribution in [0.5, 0.6) is 5.75 Å². The lowest BCUT2D eigenvalue weighted by Gasteiger charge is -2.07. The first-order valence-electron chi connectivity index (χ1n) is 4.64. The monoisotopic (exact) mass is 224 g/mol. The Morgan fingerprint density at radius 2 is 2.25 bits per heavy atom. The third-order valence-corrected chi connectivity index (χ3v) is 2.21. The number of nitro benzene ring substituents is 1. The second-order valence-corrected chi connectivity index (χ2v) is 3.50. The number of phenols is 1. The SMILES string of the molecule is CC(=O)C(N)Cc1ccc(O)c([N+](=O)[O-])c1. The van der Waals surface area contributed by atoms with Gasteiger partial charge < -0.3 is 10.8 Å². The van der Waals surface area contributed by atoms with Crippen LogP contribution in [0.25, 0.3) is 0 Å². The van der Waals surface area contributed by atoms with Crippen LogP contribution in [0.2, 0.25) is 0 Å². The molecule has 1 atom stereocenters. The number of phenolic OH excluding ortho intramolecular Hbond substituents is 1. The standard InChI is InChI=1S/C10H12N2O4/c1-6(13)8(11)4-7-2-3-10(14)9(5-7)12(15)16/h2-3,5,8,14H,4,11H2,1H3. The van der Waals surface area contributed by atoms with Gasteiger partial charge in [-0.3, -0.25) is 14.9 Å². The molecule has 0 spiro atoms. The molecule has 0 aromatic heterocycles. The molecule has 0 saturated heterocycles. The zero-order valence-electron chi connectivity index (χ0n) is 8.71. The fraction of sp³-hybridized carbons (Fsp3) is 0.300. The normalized spacial score (nSPS) is 12.1. The Labute approximate surface area is 91.8 Å². The van der Waals surface area contributed by atoms with E-state index in [1.165, 1.54) is 25.1 Å². The highest BCUT2D eigenvalue weighted by molar-refractivity contribution is 5.81. The molecule has 86 valence electrons. The molecule has 0 aliphatic carbocycles. The Morgan fingerprint density at radius 1 is 1.62 bits per heavy atom. The largest absolute Gasteiger partial charge is 0.502 e. The third kappa shape index (κ3) is 2.77. The summed E-state index contributed by atoms with van der Waals surface area (Å²) in [5.74, 6) is -0.583. The number of rotatable bonds is 4. The number of hydrogen-bond donors (Lipinski definition) is 2. The van der Waals surface area contributed by atoms with Gasteiger partial charge in [-0.05, 0) is 25.0 Å². The molecule has 6 nitrogen and oxygen atoms in total. The fourth-order valence-electron chi connectivity index (χ4n) is 1.24. The number of ketones is 1. The minimum atomic E-state index is -0.682. The lowest BCUT2D eigenvalue weighted by atomic mass is 10.0. The number of benzene rings is 1. The Morgan fingerprint density at radius 3 is 2.75 bits per heavy atom. The van der Waals surface area contributed by atoms with Gasteiger partial charge >= 0.3 is 5.69 Å². The summed E-state index contributed by atoms with van der Waals surface area (Å²) in [4.78, 5) is 20.8. The molecule has 0 radical (unpaired) electrons. The third-order valence-electron chi connectivity index (χ3n) is 2.21. The molecular formula is C10H12N2O4. The second kappa shape index (κ2) is 4.71. The van der Waals surface area contributed by atoms with Gasteiger partial charge in [-0.1, -0.05) is 6.07 Å². The van der Waals surface area contributed by atoms with E-state index in [1.54, 1.807) is 0 Å². The van der Waals surface area contributed by atoms with Crippen molar-refractivity contribution >= 4 is 11.5 Å². The van der Waals surface area contributed by atoms with E-state index in [0.717, 1.165) is 0 Å². The van der Waals surface area contributed by atoms with Crippen LogP contribution in [0, 0.1) is 10.1 Å². The molecule has 6 heteroatoms. The first-order valence-corrected chi connectivity index (χ1v) is 4.64. The summed E-state index contributed by atoms with van der Waals surface area (Å²) in [5.41, 5.74) is 5.70. The zero-order valence-corrected chi connectivity index (χ0v) is 8.71. The molecule has 0 saturated carbocycles. The first-order chi connectivity index (χ1) is 7.41. The summed E-state index contributed by atoms with van der Waals surface area (Å²) in [6, 6.07) is 3.27. The van der Waals surface area contributed by atoms with Crippen molar-refractivity contribution in [3.63, 3.8) is 0 Å². The van der Waals surface area contributed by atoms with E-state index in [9.17, 15) is 20.0 Å². The van der Waals surface area contributed by atoms with Gasteiger partial charge in [-0.15, -0.1) is 0 Å². The Kier molecular flexibility index (Phi) is 3.57. The molecule has 3 N–H and O–H groups in total. The summed E-state index contributed by atoms with van der Waals surface area (Å²) >= 11 is 0. The molecule has 16 heavy (non-hydrogen) atoms. The molecule has 1 aromatic carbocycles. The highest BCUT2D eigenvalue weighted by atomic mass is 16.6. The number of nitro groups is 1. The summed E-state index contributed by atoms with van der Waals surface area (Å²) in [6.07, 6.45) is 0.219. The van der Waals surface area contributed by atoms with Crippen molar-refractivity contribution in [1.82, 2.24) is 0 Å². The van der Waals surface area contributed by atoms with Crippen LogP contribution in [-0.4, -0.2) is 21.9 Å². The molecule has 0 bridgehead atoms. The number of nitrogens with two attached hydrogens (primary N) is 1. The maximum absolute atomic E-state index is 10.9. The molecule has 1 aromatic rings. The highest BCUT2D eigenvalue weighted by Crippen LogP contribution is 2.26. The summed E-state index contributed by atoms with van der Waals surface area (Å²) < 4.78 is 0. The minimum Gasteiger partial charge on any atom is -0.502 e. The number of hydrogen-bond acceptors (Lipinski definition) is 5. The van der Waals surface area contributed by atoms with Crippen molar-refractivity contribution in [1.29, 1.82) is 0 Å². The summed E-state index contributed by atoms with van der Waals surface area (Å²) in [6.45, 7) is 1.36. The van der Waals surface area contributed by atoms with Gasteiger partial charge in [0.15, 0.2) is 5.75 Å². The van der Waals surface area contributed by atoms with Gasteiger partial charge in [0.25, 0.3) is 0 Å². The van der Waals surface area contributed by atoms with Gasteiger partial charge in [-0.2, -0.15) is 0 Å². The summed E-state index contributed by atoms with van der Waals surface area (Å²) in [5, 5.41) is 19.7. The van der Waals surface area contributed by atoms with Crippen molar-refractivity contribution in [2.45, 2.75) is 19.4 Å². The van der Waals surface area contributed by atoms with E-state index in [-0.39, 0.29) is 17.9 Å². The predicted octanol–water partition coefficient (Wildman–Crippen LogP) is 0.759. The van der Waals surface area contributed by atoms with Crippen molar-refractivity contribution < 1.29 is 14.8 Å². The number of carbonyl (C=O) groups excluding carboxylic acids is 1. The molecule has 1 unspecified atom stereocenters. The lowest BCUT2D eigenvalue weighted by Crippen LogP contribution is -2.30. The molecule has 1 rings (SSSR count). The van der Waals surface area contributed by atoms with Crippen molar-refractivity contribution in [2.75, 3.05) is 0 Å². The number of carbonyl (C=O) groups is 1. The average molecular weight is 224 g/mol. The Hall–Kier alpha value is -1.95. The summed E-state index contributed by atoms with van der Waals surface area (Å²) in [7, 11) is 0. The zero-order chi connectivity index (χ0) is 12.3. The highest BCUT2D eigenvalue weighted by Gasteiger charge is 2.16. The van der Waals surface area contributed by atoms with Crippen molar-refractivity contribution in [3.05, 3.63) is 33.9 Å². The van der Waals surface area contributed by atoms with Gasteiger partial charge in [-0.25, -0.2) is 0 Å². The van der Waals surface area contributed by atoms with Gasteiger partial charge in [0.1, 0.15) is 5.78 Å². The van der Waals surface area contributed by atoms with E-state index in [4.69, 9.17) is 5.73 Å². The van der Waals surface area contributed by atoms with E-state index in [2.05, 4.69) is 0 Å².